The maximum absolute atomic E-state index is 13.1. The predicted molar refractivity (Wildman–Crippen MR) is 73.8 cm³/mol. The van der Waals surface area contributed by atoms with E-state index in [4.69, 9.17) is 5.73 Å². The molecule has 0 aliphatic carbocycles. The summed E-state index contributed by atoms with van der Waals surface area (Å²) in [6.07, 6.45) is -4.43. The second-order valence-corrected chi connectivity index (χ2v) is 5.09. The van der Waals surface area contributed by atoms with Gasteiger partial charge in [0.1, 0.15) is 6.04 Å². The van der Waals surface area contributed by atoms with Gasteiger partial charge in [0.2, 0.25) is 5.91 Å². The number of piperazine rings is 1. The van der Waals surface area contributed by atoms with Crippen molar-refractivity contribution in [1.29, 1.82) is 0 Å². The lowest BCUT2D eigenvalue weighted by Crippen LogP contribution is -2.60. The third-order valence-corrected chi connectivity index (χ3v) is 3.70. The highest BCUT2D eigenvalue weighted by Crippen LogP contribution is 2.30. The first-order valence-electron chi connectivity index (χ1n) is 6.71. The number of nitrogens with zero attached hydrogens (tertiary/aromatic N) is 2. The molecule has 0 radical (unpaired) electrons. The summed E-state index contributed by atoms with van der Waals surface area (Å²) < 4.78 is 39.4. The number of hydrogen-bond donors (Lipinski definition) is 1. The number of benzene rings is 1. The van der Waals surface area contributed by atoms with Gasteiger partial charge >= 0.3 is 6.18 Å². The third-order valence-electron chi connectivity index (χ3n) is 3.70. The molecule has 4 nitrogen and oxygen atoms in total. The number of rotatable bonds is 2. The Kier molecular flexibility index (Phi) is 4.41. The van der Waals surface area contributed by atoms with Crippen LogP contribution in [0.25, 0.3) is 0 Å². The molecule has 0 aromatic heterocycles. The summed E-state index contributed by atoms with van der Waals surface area (Å²) in [4.78, 5) is 13.9. The van der Waals surface area contributed by atoms with Gasteiger partial charge in [-0.05, 0) is 17.7 Å². The van der Waals surface area contributed by atoms with Crippen molar-refractivity contribution in [2.24, 2.45) is 5.73 Å². The van der Waals surface area contributed by atoms with Crippen molar-refractivity contribution in [3.8, 4) is 0 Å². The van der Waals surface area contributed by atoms with Gasteiger partial charge in [0.25, 0.3) is 0 Å². The van der Waals surface area contributed by atoms with Crippen molar-refractivity contribution in [2.45, 2.75) is 25.7 Å². The molecule has 1 aromatic carbocycles. The molecule has 1 amide bonds. The van der Waals surface area contributed by atoms with E-state index in [1.165, 1.54) is 6.92 Å². The first-order valence-corrected chi connectivity index (χ1v) is 6.71. The monoisotopic (exact) mass is 301 g/mol. The van der Waals surface area contributed by atoms with Crippen LogP contribution in [0.3, 0.4) is 0 Å². The molecule has 1 saturated heterocycles. The minimum atomic E-state index is -4.43. The van der Waals surface area contributed by atoms with Crippen LogP contribution in [0.4, 0.5) is 18.9 Å². The quantitative estimate of drug-likeness (QED) is 0.905. The van der Waals surface area contributed by atoms with Crippen LogP contribution < -0.4 is 10.6 Å². The normalized spacial score (nSPS) is 19.8. The number of alkyl halides is 3. The van der Waals surface area contributed by atoms with Crippen LogP contribution in [0.2, 0.25) is 0 Å². The summed E-state index contributed by atoms with van der Waals surface area (Å²) in [7, 11) is 0. The van der Waals surface area contributed by atoms with Crippen LogP contribution in [-0.4, -0.2) is 42.7 Å². The Morgan fingerprint density at radius 3 is 2.38 bits per heavy atom. The first-order chi connectivity index (χ1) is 9.82. The average molecular weight is 301 g/mol. The number of carbonyl (C=O) groups is 1. The smallest absolute Gasteiger partial charge is 0.367 e. The molecule has 1 heterocycles. The maximum Gasteiger partial charge on any atom is 0.410 e. The van der Waals surface area contributed by atoms with Gasteiger partial charge in [0.05, 0.1) is 0 Å². The molecule has 2 N–H and O–H groups in total. The van der Waals surface area contributed by atoms with E-state index >= 15 is 0 Å². The van der Waals surface area contributed by atoms with Crippen molar-refractivity contribution < 1.29 is 18.0 Å². The minimum Gasteiger partial charge on any atom is -0.367 e. The van der Waals surface area contributed by atoms with E-state index in [1.807, 2.05) is 0 Å². The molecule has 0 spiro atoms. The molecule has 0 bridgehead atoms. The Balaban J connectivity index is 2.18. The van der Waals surface area contributed by atoms with Crippen molar-refractivity contribution in [3.63, 3.8) is 0 Å². The van der Waals surface area contributed by atoms with Gasteiger partial charge < -0.3 is 15.5 Å². The summed E-state index contributed by atoms with van der Waals surface area (Å²) >= 11 is 0. The van der Waals surface area contributed by atoms with Crippen molar-refractivity contribution in [3.05, 3.63) is 29.8 Å². The van der Waals surface area contributed by atoms with Gasteiger partial charge in [-0.15, -0.1) is 0 Å². The number of hydrogen-bond acceptors (Lipinski definition) is 3. The Hall–Kier alpha value is -1.76. The van der Waals surface area contributed by atoms with Crippen molar-refractivity contribution in [2.75, 3.05) is 24.5 Å². The first kappa shape index (κ1) is 15.6. The lowest BCUT2D eigenvalue weighted by atomic mass is 10.1. The molecule has 1 atom stereocenters. The summed E-state index contributed by atoms with van der Waals surface area (Å²) in [6.45, 7) is 1.77. The minimum absolute atomic E-state index is 0.0676. The summed E-state index contributed by atoms with van der Waals surface area (Å²) in [6, 6.07) is 5.36. The molecule has 1 aromatic rings. The van der Waals surface area contributed by atoms with Crippen LogP contribution >= 0.6 is 0 Å². The fourth-order valence-electron chi connectivity index (χ4n) is 2.52. The average Bonchev–Trinajstić information content (AvgIpc) is 2.45. The second kappa shape index (κ2) is 5.93. The van der Waals surface area contributed by atoms with Crippen molar-refractivity contribution >= 4 is 11.6 Å². The predicted octanol–water partition coefficient (Wildman–Crippen LogP) is 1.74. The molecule has 21 heavy (non-hydrogen) atoms. The lowest BCUT2D eigenvalue weighted by molar-refractivity contribution is -0.189. The molecule has 0 saturated carbocycles. The topological polar surface area (TPSA) is 49.6 Å². The van der Waals surface area contributed by atoms with Crippen LogP contribution in [0, 0.1) is 0 Å². The fourth-order valence-corrected chi connectivity index (χ4v) is 2.52. The molecule has 7 heteroatoms. The Labute approximate surface area is 121 Å². The molecule has 1 unspecified atom stereocenters. The Morgan fingerprint density at radius 2 is 1.90 bits per heavy atom. The van der Waals surface area contributed by atoms with Gasteiger partial charge in [-0.25, -0.2) is 0 Å². The van der Waals surface area contributed by atoms with Crippen molar-refractivity contribution in [1.82, 2.24) is 4.90 Å². The van der Waals surface area contributed by atoms with E-state index in [1.54, 1.807) is 29.2 Å². The summed E-state index contributed by atoms with van der Waals surface area (Å²) in [5.41, 5.74) is 7.14. The number of carbonyl (C=O) groups excluding carboxylic acids is 1. The molecule has 1 aliphatic heterocycles. The van der Waals surface area contributed by atoms with E-state index in [9.17, 15) is 18.0 Å². The van der Waals surface area contributed by atoms with Gasteiger partial charge in [0, 0.05) is 38.8 Å². The van der Waals surface area contributed by atoms with E-state index in [-0.39, 0.29) is 13.1 Å². The molecule has 1 fully saturated rings. The maximum atomic E-state index is 13.1. The number of halogens is 3. The standard InChI is InChI=1S/C14H18F3N3O/c1-10(21)20-7-6-19(9-13(20)14(15,16)17)12-4-2-11(8-18)3-5-12/h2-5,13H,6-9,18H2,1H3. The third kappa shape index (κ3) is 3.47. The van der Waals surface area contributed by atoms with Crippen LogP contribution in [0.15, 0.2) is 24.3 Å². The number of anilines is 1. The van der Waals surface area contributed by atoms with E-state index in [0.717, 1.165) is 10.5 Å². The van der Waals surface area contributed by atoms with E-state index in [2.05, 4.69) is 0 Å². The largest absolute Gasteiger partial charge is 0.410 e. The molecule has 2 rings (SSSR count). The van der Waals surface area contributed by atoms with Gasteiger partial charge in [0.15, 0.2) is 0 Å². The zero-order valence-electron chi connectivity index (χ0n) is 11.7. The second-order valence-electron chi connectivity index (χ2n) is 5.09. The van der Waals surface area contributed by atoms with Gasteiger partial charge in [-0.2, -0.15) is 13.2 Å². The van der Waals surface area contributed by atoms with E-state index < -0.39 is 18.1 Å². The molecular weight excluding hydrogens is 283 g/mol. The highest BCUT2D eigenvalue weighted by molar-refractivity contribution is 5.74. The van der Waals surface area contributed by atoms with Crippen LogP contribution in [0.5, 0.6) is 0 Å². The highest BCUT2D eigenvalue weighted by atomic mass is 19.4. The zero-order valence-corrected chi connectivity index (χ0v) is 11.7. The highest BCUT2D eigenvalue weighted by Gasteiger charge is 2.47. The molecule has 116 valence electrons. The molecule has 1 aliphatic rings. The Morgan fingerprint density at radius 1 is 1.29 bits per heavy atom. The summed E-state index contributed by atoms with van der Waals surface area (Å²) in [5, 5.41) is 0. The lowest BCUT2D eigenvalue weighted by Gasteiger charge is -2.42. The van der Waals surface area contributed by atoms with Crippen LogP contribution in [-0.2, 0) is 11.3 Å². The Bertz CT molecular complexity index is 501. The SMILES string of the molecule is CC(=O)N1CCN(c2ccc(CN)cc2)CC1C(F)(F)F. The van der Waals surface area contributed by atoms with Crippen LogP contribution in [0.1, 0.15) is 12.5 Å². The van der Waals surface area contributed by atoms with E-state index in [0.29, 0.717) is 18.8 Å². The summed E-state index contributed by atoms with van der Waals surface area (Å²) in [5.74, 6) is -0.546. The van der Waals surface area contributed by atoms with Gasteiger partial charge in [-0.3, -0.25) is 4.79 Å². The zero-order chi connectivity index (χ0) is 15.6. The molecular formula is C14H18F3N3O. The number of nitrogens with two attached hydrogens (primary N) is 1. The van der Waals surface area contributed by atoms with Gasteiger partial charge in [-0.1, -0.05) is 12.1 Å². The number of amides is 1. The fraction of sp³-hybridized carbons (Fsp3) is 0.500.